The molecule has 0 bridgehead atoms. The summed E-state index contributed by atoms with van der Waals surface area (Å²) in [5.74, 6) is 1.04. The minimum Gasteiger partial charge on any atom is -0.308 e. The molecular formula is C22H18N4. The first-order chi connectivity index (χ1) is 12.8. The SMILES string of the molecule is CCc1nc2cccnc2n1Cc1ccc(-c2ccccc2C#N)cc1. The van der Waals surface area contributed by atoms with Crippen LogP contribution < -0.4 is 0 Å². The molecule has 0 amide bonds. The van der Waals surface area contributed by atoms with Gasteiger partial charge in [0.2, 0.25) is 0 Å². The van der Waals surface area contributed by atoms with Gasteiger partial charge >= 0.3 is 0 Å². The fourth-order valence-electron chi connectivity index (χ4n) is 3.25. The van der Waals surface area contributed by atoms with Gasteiger partial charge in [-0.1, -0.05) is 49.4 Å². The molecule has 0 N–H and O–H groups in total. The van der Waals surface area contributed by atoms with E-state index in [9.17, 15) is 5.26 Å². The van der Waals surface area contributed by atoms with Crippen molar-refractivity contribution in [2.45, 2.75) is 19.9 Å². The van der Waals surface area contributed by atoms with Crippen molar-refractivity contribution < 1.29 is 0 Å². The molecule has 0 aliphatic heterocycles. The maximum atomic E-state index is 9.30. The molecule has 0 radical (unpaired) electrons. The predicted molar refractivity (Wildman–Crippen MR) is 103 cm³/mol. The number of rotatable bonds is 4. The van der Waals surface area contributed by atoms with Crippen molar-refractivity contribution in [1.29, 1.82) is 5.26 Å². The van der Waals surface area contributed by atoms with Crippen LogP contribution in [0.1, 0.15) is 23.9 Å². The second kappa shape index (κ2) is 6.81. The molecular weight excluding hydrogens is 320 g/mol. The van der Waals surface area contributed by atoms with Gasteiger partial charge in [-0.2, -0.15) is 5.26 Å². The summed E-state index contributed by atoms with van der Waals surface area (Å²) in [5.41, 5.74) is 5.74. The highest BCUT2D eigenvalue weighted by Gasteiger charge is 2.11. The zero-order valence-electron chi connectivity index (χ0n) is 14.6. The van der Waals surface area contributed by atoms with Crippen LogP contribution in [0.2, 0.25) is 0 Å². The van der Waals surface area contributed by atoms with Crippen LogP contribution in [0.15, 0.2) is 66.9 Å². The van der Waals surface area contributed by atoms with Gasteiger partial charge in [0, 0.05) is 12.6 Å². The summed E-state index contributed by atoms with van der Waals surface area (Å²) in [7, 11) is 0. The second-order valence-corrected chi connectivity index (χ2v) is 6.17. The van der Waals surface area contributed by atoms with E-state index in [1.54, 1.807) is 0 Å². The van der Waals surface area contributed by atoms with Crippen molar-refractivity contribution in [3.05, 3.63) is 83.8 Å². The van der Waals surface area contributed by atoms with Crippen molar-refractivity contribution in [2.24, 2.45) is 0 Å². The van der Waals surface area contributed by atoms with Gasteiger partial charge in [0.25, 0.3) is 0 Å². The average molecular weight is 338 g/mol. The summed E-state index contributed by atoms with van der Waals surface area (Å²) in [5, 5.41) is 9.30. The second-order valence-electron chi connectivity index (χ2n) is 6.17. The maximum Gasteiger partial charge on any atom is 0.160 e. The van der Waals surface area contributed by atoms with Gasteiger partial charge in [-0.05, 0) is 34.9 Å². The summed E-state index contributed by atoms with van der Waals surface area (Å²) in [6.45, 7) is 2.84. The Morgan fingerprint density at radius 2 is 1.81 bits per heavy atom. The minimum atomic E-state index is 0.693. The number of imidazole rings is 1. The normalized spacial score (nSPS) is 10.8. The quantitative estimate of drug-likeness (QED) is 0.547. The van der Waals surface area contributed by atoms with Gasteiger partial charge in [-0.3, -0.25) is 0 Å². The van der Waals surface area contributed by atoms with Gasteiger partial charge in [-0.25, -0.2) is 9.97 Å². The number of nitrogens with zero attached hydrogens (tertiary/aromatic N) is 4. The van der Waals surface area contributed by atoms with Crippen LogP contribution in [0.4, 0.5) is 0 Å². The monoisotopic (exact) mass is 338 g/mol. The molecule has 26 heavy (non-hydrogen) atoms. The lowest BCUT2D eigenvalue weighted by molar-refractivity contribution is 0.746. The Labute approximate surface area is 152 Å². The van der Waals surface area contributed by atoms with E-state index in [1.807, 2.05) is 42.6 Å². The summed E-state index contributed by atoms with van der Waals surface area (Å²) in [6, 6.07) is 22.2. The van der Waals surface area contributed by atoms with E-state index in [0.717, 1.165) is 41.1 Å². The third-order valence-electron chi connectivity index (χ3n) is 4.55. The van der Waals surface area contributed by atoms with Gasteiger partial charge in [-0.15, -0.1) is 0 Å². The first kappa shape index (κ1) is 16.0. The number of fused-ring (bicyclic) bond motifs is 1. The fourth-order valence-corrected chi connectivity index (χ4v) is 3.25. The molecule has 2 aromatic carbocycles. The van der Waals surface area contributed by atoms with E-state index in [1.165, 1.54) is 5.56 Å². The number of benzene rings is 2. The number of hydrogen-bond donors (Lipinski definition) is 0. The summed E-state index contributed by atoms with van der Waals surface area (Å²) < 4.78 is 2.17. The Morgan fingerprint density at radius 3 is 2.58 bits per heavy atom. The first-order valence-electron chi connectivity index (χ1n) is 8.68. The minimum absolute atomic E-state index is 0.693. The highest BCUT2D eigenvalue weighted by atomic mass is 15.1. The first-order valence-corrected chi connectivity index (χ1v) is 8.68. The zero-order valence-corrected chi connectivity index (χ0v) is 14.6. The van der Waals surface area contributed by atoms with Gasteiger partial charge in [0.15, 0.2) is 5.65 Å². The summed E-state index contributed by atoms with van der Waals surface area (Å²) in [4.78, 5) is 9.18. The van der Waals surface area contributed by atoms with Crippen molar-refractivity contribution in [2.75, 3.05) is 0 Å². The zero-order chi connectivity index (χ0) is 17.9. The number of aryl methyl sites for hydroxylation is 1. The Balaban J connectivity index is 1.68. The molecule has 0 unspecified atom stereocenters. The number of aromatic nitrogens is 3. The Hall–Kier alpha value is -3.45. The molecule has 0 saturated carbocycles. The molecule has 4 aromatic rings. The van der Waals surface area contributed by atoms with Crippen LogP contribution in [0, 0.1) is 11.3 Å². The van der Waals surface area contributed by atoms with Gasteiger partial charge in [0.1, 0.15) is 11.3 Å². The van der Waals surface area contributed by atoms with E-state index in [2.05, 4.69) is 51.8 Å². The van der Waals surface area contributed by atoms with E-state index < -0.39 is 0 Å². The van der Waals surface area contributed by atoms with Crippen LogP contribution in [-0.2, 0) is 13.0 Å². The lowest BCUT2D eigenvalue weighted by Crippen LogP contribution is -2.05. The van der Waals surface area contributed by atoms with E-state index in [-0.39, 0.29) is 0 Å². The topological polar surface area (TPSA) is 54.5 Å². The molecule has 4 rings (SSSR count). The highest BCUT2D eigenvalue weighted by molar-refractivity contribution is 5.72. The van der Waals surface area contributed by atoms with Crippen LogP contribution >= 0.6 is 0 Å². The number of nitriles is 1. The van der Waals surface area contributed by atoms with E-state index in [4.69, 9.17) is 0 Å². The Morgan fingerprint density at radius 1 is 1.00 bits per heavy atom. The molecule has 2 aromatic heterocycles. The molecule has 0 fully saturated rings. The van der Waals surface area contributed by atoms with E-state index in [0.29, 0.717) is 5.56 Å². The number of hydrogen-bond acceptors (Lipinski definition) is 3. The average Bonchev–Trinajstić information content (AvgIpc) is 3.06. The maximum absolute atomic E-state index is 9.30. The van der Waals surface area contributed by atoms with Crippen LogP contribution in [0.3, 0.4) is 0 Å². The Kier molecular flexibility index (Phi) is 4.20. The third kappa shape index (κ3) is 2.84. The largest absolute Gasteiger partial charge is 0.308 e. The fraction of sp³-hybridized carbons (Fsp3) is 0.136. The standard InChI is InChI=1S/C22H18N4/c1-2-21-25-20-8-5-13-24-22(20)26(21)15-16-9-11-17(12-10-16)19-7-4-3-6-18(19)14-23/h3-13H,2,15H2,1H3. The molecule has 0 saturated heterocycles. The highest BCUT2D eigenvalue weighted by Crippen LogP contribution is 2.24. The van der Waals surface area contributed by atoms with Crippen molar-refractivity contribution in [1.82, 2.24) is 14.5 Å². The van der Waals surface area contributed by atoms with Crippen molar-refractivity contribution >= 4 is 11.2 Å². The molecule has 0 spiro atoms. The third-order valence-corrected chi connectivity index (χ3v) is 4.55. The van der Waals surface area contributed by atoms with Crippen LogP contribution in [0.25, 0.3) is 22.3 Å². The predicted octanol–water partition coefficient (Wildman–Crippen LogP) is 4.58. The lowest BCUT2D eigenvalue weighted by Gasteiger charge is -2.09. The van der Waals surface area contributed by atoms with Crippen molar-refractivity contribution in [3.63, 3.8) is 0 Å². The van der Waals surface area contributed by atoms with Gasteiger partial charge in [0.05, 0.1) is 18.2 Å². The summed E-state index contributed by atoms with van der Waals surface area (Å²) >= 11 is 0. The van der Waals surface area contributed by atoms with E-state index >= 15 is 0 Å². The number of pyridine rings is 1. The Bertz CT molecular complexity index is 1100. The molecule has 0 aliphatic carbocycles. The van der Waals surface area contributed by atoms with Crippen molar-refractivity contribution in [3.8, 4) is 17.2 Å². The molecule has 126 valence electrons. The molecule has 2 heterocycles. The van der Waals surface area contributed by atoms with Crippen LogP contribution in [-0.4, -0.2) is 14.5 Å². The lowest BCUT2D eigenvalue weighted by atomic mass is 9.99. The smallest absolute Gasteiger partial charge is 0.160 e. The molecule has 0 atom stereocenters. The van der Waals surface area contributed by atoms with Crippen LogP contribution in [0.5, 0.6) is 0 Å². The van der Waals surface area contributed by atoms with Gasteiger partial charge < -0.3 is 4.57 Å². The molecule has 4 nitrogen and oxygen atoms in total. The summed E-state index contributed by atoms with van der Waals surface area (Å²) in [6.07, 6.45) is 2.67. The molecule has 0 aliphatic rings. The molecule has 4 heteroatoms.